The Labute approximate surface area is 154 Å². The highest BCUT2D eigenvalue weighted by atomic mass is 35.5. The number of carbonyl (C=O) groups excluding carboxylic acids is 1. The number of halogens is 2. The molecule has 2 N–H and O–H groups in total. The van der Waals surface area contributed by atoms with Crippen LogP contribution in [0, 0.1) is 5.92 Å². The second kappa shape index (κ2) is 10.3. The minimum atomic E-state index is 0. The number of rotatable bonds is 5. The molecule has 1 aromatic heterocycles. The summed E-state index contributed by atoms with van der Waals surface area (Å²) in [6, 6.07) is 7.88. The van der Waals surface area contributed by atoms with E-state index in [1.165, 1.54) is 6.33 Å². The standard InChI is InChI=1S/C16H21N5O.2ClH/c22-16(9-13-5-7-17-8-6-13)20-15-3-1-14(2-4-15)10-21-12-18-11-19-21;;/h1-4,11-13,17H,5-10H2,(H,20,22);2*1H. The van der Waals surface area contributed by atoms with Crippen molar-refractivity contribution in [2.75, 3.05) is 18.4 Å². The number of amides is 1. The molecule has 3 rings (SSSR count). The van der Waals surface area contributed by atoms with Crippen molar-refractivity contribution < 1.29 is 4.79 Å². The van der Waals surface area contributed by atoms with Gasteiger partial charge in [0.2, 0.25) is 5.91 Å². The molecule has 2 heterocycles. The molecule has 0 saturated carbocycles. The molecule has 0 bridgehead atoms. The van der Waals surface area contributed by atoms with E-state index in [1.54, 1.807) is 11.0 Å². The molecule has 0 radical (unpaired) electrons. The maximum absolute atomic E-state index is 12.1. The summed E-state index contributed by atoms with van der Waals surface area (Å²) in [6.07, 6.45) is 6.00. The van der Waals surface area contributed by atoms with Gasteiger partial charge in [0.05, 0.1) is 6.54 Å². The fraction of sp³-hybridized carbons (Fsp3) is 0.438. The summed E-state index contributed by atoms with van der Waals surface area (Å²) in [5.41, 5.74) is 1.98. The first-order valence-corrected chi connectivity index (χ1v) is 7.71. The highest BCUT2D eigenvalue weighted by Crippen LogP contribution is 2.17. The molecule has 1 aliphatic rings. The summed E-state index contributed by atoms with van der Waals surface area (Å²) in [6.45, 7) is 2.73. The van der Waals surface area contributed by atoms with Gasteiger partial charge in [0.25, 0.3) is 0 Å². The summed E-state index contributed by atoms with van der Waals surface area (Å²) < 4.78 is 1.77. The fourth-order valence-corrected chi connectivity index (χ4v) is 2.75. The van der Waals surface area contributed by atoms with E-state index in [1.807, 2.05) is 24.3 Å². The number of anilines is 1. The van der Waals surface area contributed by atoms with Crippen LogP contribution in [0.3, 0.4) is 0 Å². The minimum Gasteiger partial charge on any atom is -0.326 e. The van der Waals surface area contributed by atoms with Crippen LogP contribution in [-0.2, 0) is 11.3 Å². The monoisotopic (exact) mass is 371 g/mol. The van der Waals surface area contributed by atoms with Gasteiger partial charge < -0.3 is 10.6 Å². The van der Waals surface area contributed by atoms with Crippen LogP contribution in [0.4, 0.5) is 5.69 Å². The van der Waals surface area contributed by atoms with Crippen molar-refractivity contribution in [1.82, 2.24) is 20.1 Å². The molecule has 1 saturated heterocycles. The first-order chi connectivity index (χ1) is 10.8. The predicted molar refractivity (Wildman–Crippen MR) is 98.9 cm³/mol. The Balaban J connectivity index is 0.00000144. The van der Waals surface area contributed by atoms with Crippen molar-refractivity contribution in [3.63, 3.8) is 0 Å². The molecule has 8 heteroatoms. The SMILES string of the molecule is Cl.Cl.O=C(CC1CCNCC1)Nc1ccc(Cn2cncn2)cc1. The number of carbonyl (C=O) groups is 1. The molecule has 0 aliphatic carbocycles. The second-order valence-electron chi connectivity index (χ2n) is 5.74. The van der Waals surface area contributed by atoms with Gasteiger partial charge in [-0.05, 0) is 49.5 Å². The number of benzene rings is 1. The van der Waals surface area contributed by atoms with Crippen molar-refractivity contribution >= 4 is 36.4 Å². The lowest BCUT2D eigenvalue weighted by molar-refractivity contribution is -0.117. The van der Waals surface area contributed by atoms with Gasteiger partial charge in [-0.3, -0.25) is 4.79 Å². The van der Waals surface area contributed by atoms with Crippen LogP contribution in [0.5, 0.6) is 0 Å². The van der Waals surface area contributed by atoms with E-state index in [0.717, 1.165) is 37.2 Å². The number of hydrogen-bond donors (Lipinski definition) is 2. The van der Waals surface area contributed by atoms with E-state index in [9.17, 15) is 4.79 Å². The summed E-state index contributed by atoms with van der Waals surface area (Å²) in [5, 5.41) is 10.4. The van der Waals surface area contributed by atoms with E-state index in [0.29, 0.717) is 18.9 Å². The zero-order valence-corrected chi connectivity index (χ0v) is 15.0. The van der Waals surface area contributed by atoms with Crippen molar-refractivity contribution in [3.8, 4) is 0 Å². The molecule has 1 aromatic carbocycles. The molecular formula is C16H23Cl2N5O. The summed E-state index contributed by atoms with van der Waals surface area (Å²) in [5.74, 6) is 0.615. The topological polar surface area (TPSA) is 71.8 Å². The van der Waals surface area contributed by atoms with Gasteiger partial charge in [0, 0.05) is 12.1 Å². The number of hydrogen-bond acceptors (Lipinski definition) is 4. The molecule has 2 aromatic rings. The molecule has 0 atom stereocenters. The predicted octanol–water partition coefficient (Wildman–Crippen LogP) is 2.50. The lowest BCUT2D eigenvalue weighted by atomic mass is 9.94. The van der Waals surface area contributed by atoms with Gasteiger partial charge in [-0.2, -0.15) is 5.10 Å². The molecule has 1 fully saturated rings. The van der Waals surface area contributed by atoms with Gasteiger partial charge in [-0.1, -0.05) is 12.1 Å². The van der Waals surface area contributed by atoms with E-state index >= 15 is 0 Å². The highest BCUT2D eigenvalue weighted by molar-refractivity contribution is 5.90. The van der Waals surface area contributed by atoms with Crippen molar-refractivity contribution in [2.24, 2.45) is 5.92 Å². The summed E-state index contributed by atoms with van der Waals surface area (Å²) in [7, 11) is 0. The van der Waals surface area contributed by atoms with Gasteiger partial charge in [-0.25, -0.2) is 9.67 Å². The van der Waals surface area contributed by atoms with Gasteiger partial charge in [-0.15, -0.1) is 24.8 Å². The first-order valence-electron chi connectivity index (χ1n) is 7.71. The maximum Gasteiger partial charge on any atom is 0.224 e. The minimum absolute atomic E-state index is 0. The maximum atomic E-state index is 12.1. The van der Waals surface area contributed by atoms with E-state index < -0.39 is 0 Å². The highest BCUT2D eigenvalue weighted by Gasteiger charge is 2.16. The third-order valence-corrected chi connectivity index (χ3v) is 3.98. The van der Waals surface area contributed by atoms with Crippen LogP contribution in [0.1, 0.15) is 24.8 Å². The van der Waals surface area contributed by atoms with Crippen LogP contribution in [0.2, 0.25) is 0 Å². The van der Waals surface area contributed by atoms with Crippen LogP contribution >= 0.6 is 24.8 Å². The zero-order valence-electron chi connectivity index (χ0n) is 13.4. The van der Waals surface area contributed by atoms with E-state index in [2.05, 4.69) is 20.7 Å². The fourth-order valence-electron chi connectivity index (χ4n) is 2.75. The van der Waals surface area contributed by atoms with Crippen LogP contribution < -0.4 is 10.6 Å². The van der Waals surface area contributed by atoms with E-state index in [-0.39, 0.29) is 30.7 Å². The van der Waals surface area contributed by atoms with E-state index in [4.69, 9.17) is 0 Å². The molecule has 132 valence electrons. The summed E-state index contributed by atoms with van der Waals surface area (Å²) in [4.78, 5) is 16.0. The Kier molecular flexibility index (Phi) is 8.74. The van der Waals surface area contributed by atoms with Crippen LogP contribution in [0.15, 0.2) is 36.9 Å². The number of nitrogens with zero attached hydrogens (tertiary/aromatic N) is 3. The van der Waals surface area contributed by atoms with Crippen molar-refractivity contribution in [2.45, 2.75) is 25.8 Å². The zero-order chi connectivity index (χ0) is 15.2. The van der Waals surface area contributed by atoms with Crippen molar-refractivity contribution in [1.29, 1.82) is 0 Å². The largest absolute Gasteiger partial charge is 0.326 e. The summed E-state index contributed by atoms with van der Waals surface area (Å²) >= 11 is 0. The lowest BCUT2D eigenvalue weighted by Gasteiger charge is -2.21. The van der Waals surface area contributed by atoms with Crippen molar-refractivity contribution in [3.05, 3.63) is 42.5 Å². The molecule has 1 aliphatic heterocycles. The Morgan fingerprint density at radius 2 is 1.92 bits per heavy atom. The first kappa shape index (κ1) is 20.4. The quantitative estimate of drug-likeness (QED) is 0.846. The van der Waals surface area contributed by atoms with Crippen LogP contribution in [0.25, 0.3) is 0 Å². The third kappa shape index (κ3) is 6.11. The Hall–Kier alpha value is -1.63. The number of aromatic nitrogens is 3. The number of nitrogens with one attached hydrogen (secondary N) is 2. The molecule has 6 nitrogen and oxygen atoms in total. The smallest absolute Gasteiger partial charge is 0.224 e. The van der Waals surface area contributed by atoms with Crippen LogP contribution in [-0.4, -0.2) is 33.8 Å². The Bertz CT molecular complexity index is 597. The molecule has 0 spiro atoms. The van der Waals surface area contributed by atoms with Gasteiger partial charge in [0.1, 0.15) is 12.7 Å². The average molecular weight is 372 g/mol. The second-order valence-corrected chi connectivity index (χ2v) is 5.74. The third-order valence-electron chi connectivity index (χ3n) is 3.98. The Morgan fingerprint density at radius 3 is 2.54 bits per heavy atom. The molecule has 1 amide bonds. The van der Waals surface area contributed by atoms with Gasteiger partial charge >= 0.3 is 0 Å². The van der Waals surface area contributed by atoms with Gasteiger partial charge in [0.15, 0.2) is 0 Å². The Morgan fingerprint density at radius 1 is 1.21 bits per heavy atom. The molecule has 0 unspecified atom stereocenters. The average Bonchev–Trinajstić information content (AvgIpc) is 3.03. The lowest BCUT2D eigenvalue weighted by Crippen LogP contribution is -2.30. The molecular weight excluding hydrogens is 349 g/mol. The molecule has 24 heavy (non-hydrogen) atoms. The normalized spacial score (nSPS) is 14.3. The number of piperidine rings is 1.